The summed E-state index contributed by atoms with van der Waals surface area (Å²) >= 11 is 0. The predicted octanol–water partition coefficient (Wildman–Crippen LogP) is 1.49. The zero-order valence-corrected chi connectivity index (χ0v) is 12.5. The van der Waals surface area contributed by atoms with Gasteiger partial charge in [0.2, 0.25) is 0 Å². The monoisotopic (exact) mass is 294 g/mol. The molecular weight excluding hydrogens is 272 g/mol. The third-order valence-corrected chi connectivity index (χ3v) is 2.65. The lowest BCUT2D eigenvalue weighted by molar-refractivity contribution is -0.141. The summed E-state index contributed by atoms with van der Waals surface area (Å²) in [6, 6.07) is 7.31. The van der Waals surface area contributed by atoms with Gasteiger partial charge in [0.05, 0.1) is 13.2 Å². The van der Waals surface area contributed by atoms with Crippen LogP contribution in [-0.2, 0) is 16.0 Å². The highest BCUT2D eigenvalue weighted by molar-refractivity contribution is 5.80. The van der Waals surface area contributed by atoms with Gasteiger partial charge in [-0.15, -0.1) is 0 Å². The van der Waals surface area contributed by atoms with Crippen LogP contribution < -0.4 is 15.4 Å². The standard InChI is InChI=1S/C15H22N2O4/c1-3-20-13-8-6-5-7-12(13)9-10-16-15(19)17-11-14(18)21-4-2/h5-8H,3-4,9-11H2,1-2H3,(H2,16,17,19). The number of nitrogens with one attached hydrogen (secondary N) is 2. The molecule has 2 amide bonds. The fraction of sp³-hybridized carbons (Fsp3) is 0.467. The van der Waals surface area contributed by atoms with E-state index in [2.05, 4.69) is 10.6 Å². The van der Waals surface area contributed by atoms with Gasteiger partial charge in [0, 0.05) is 6.54 Å². The SMILES string of the molecule is CCOC(=O)CNC(=O)NCCc1ccccc1OCC. The van der Waals surface area contributed by atoms with Crippen LogP contribution in [-0.4, -0.2) is 38.3 Å². The largest absolute Gasteiger partial charge is 0.494 e. The number of para-hydroxylation sites is 1. The van der Waals surface area contributed by atoms with Crippen molar-refractivity contribution in [1.29, 1.82) is 0 Å². The second-order valence-electron chi connectivity index (χ2n) is 4.21. The molecule has 0 aliphatic rings. The highest BCUT2D eigenvalue weighted by Crippen LogP contribution is 2.17. The molecule has 0 saturated carbocycles. The molecule has 0 aliphatic carbocycles. The Balaban J connectivity index is 2.30. The van der Waals surface area contributed by atoms with E-state index in [9.17, 15) is 9.59 Å². The Labute approximate surface area is 124 Å². The van der Waals surface area contributed by atoms with Gasteiger partial charge in [0.1, 0.15) is 12.3 Å². The molecule has 1 aromatic carbocycles. The van der Waals surface area contributed by atoms with E-state index >= 15 is 0 Å². The number of benzene rings is 1. The first-order valence-electron chi connectivity index (χ1n) is 7.05. The lowest BCUT2D eigenvalue weighted by Gasteiger charge is -2.11. The van der Waals surface area contributed by atoms with Crippen molar-refractivity contribution in [2.45, 2.75) is 20.3 Å². The number of carbonyl (C=O) groups is 2. The average Bonchev–Trinajstić information content (AvgIpc) is 2.47. The fourth-order valence-electron chi connectivity index (χ4n) is 1.74. The van der Waals surface area contributed by atoms with Crippen molar-refractivity contribution in [2.24, 2.45) is 0 Å². The average molecular weight is 294 g/mol. The smallest absolute Gasteiger partial charge is 0.325 e. The van der Waals surface area contributed by atoms with Gasteiger partial charge in [0.25, 0.3) is 0 Å². The molecule has 0 aromatic heterocycles. The van der Waals surface area contributed by atoms with Gasteiger partial charge < -0.3 is 20.1 Å². The molecule has 6 nitrogen and oxygen atoms in total. The first-order valence-corrected chi connectivity index (χ1v) is 7.05. The summed E-state index contributed by atoms with van der Waals surface area (Å²) in [5, 5.41) is 5.12. The number of urea groups is 1. The van der Waals surface area contributed by atoms with Crippen LogP contribution in [0.3, 0.4) is 0 Å². The van der Waals surface area contributed by atoms with Crippen molar-refractivity contribution < 1.29 is 19.1 Å². The number of amides is 2. The molecule has 6 heteroatoms. The summed E-state index contributed by atoms with van der Waals surface area (Å²) < 4.78 is 10.2. The fourth-order valence-corrected chi connectivity index (χ4v) is 1.74. The second-order valence-corrected chi connectivity index (χ2v) is 4.21. The van der Waals surface area contributed by atoms with Gasteiger partial charge in [-0.2, -0.15) is 0 Å². The Hall–Kier alpha value is -2.24. The first kappa shape index (κ1) is 16.8. The number of hydrogen-bond acceptors (Lipinski definition) is 4. The number of esters is 1. The number of rotatable bonds is 8. The van der Waals surface area contributed by atoms with E-state index in [4.69, 9.17) is 9.47 Å². The maximum Gasteiger partial charge on any atom is 0.325 e. The first-order chi connectivity index (χ1) is 10.2. The van der Waals surface area contributed by atoms with Gasteiger partial charge in [0.15, 0.2) is 0 Å². The molecule has 0 radical (unpaired) electrons. The maximum atomic E-state index is 11.5. The Bertz CT molecular complexity index is 463. The molecule has 0 bridgehead atoms. The quantitative estimate of drug-likeness (QED) is 0.712. The number of ether oxygens (including phenoxy) is 2. The minimum Gasteiger partial charge on any atom is -0.494 e. The van der Waals surface area contributed by atoms with E-state index in [0.29, 0.717) is 26.2 Å². The third-order valence-electron chi connectivity index (χ3n) is 2.65. The zero-order chi connectivity index (χ0) is 15.5. The zero-order valence-electron chi connectivity index (χ0n) is 12.5. The van der Waals surface area contributed by atoms with Crippen molar-refractivity contribution in [1.82, 2.24) is 10.6 Å². The van der Waals surface area contributed by atoms with Crippen LogP contribution in [0.2, 0.25) is 0 Å². The molecule has 0 saturated heterocycles. The molecule has 1 rings (SSSR count). The lowest BCUT2D eigenvalue weighted by atomic mass is 10.1. The molecule has 116 valence electrons. The molecule has 0 fully saturated rings. The van der Waals surface area contributed by atoms with E-state index in [0.717, 1.165) is 11.3 Å². The minimum atomic E-state index is -0.450. The molecule has 0 atom stereocenters. The predicted molar refractivity (Wildman–Crippen MR) is 79.3 cm³/mol. The summed E-state index contributed by atoms with van der Waals surface area (Å²) in [6.45, 7) is 4.88. The van der Waals surface area contributed by atoms with Crippen molar-refractivity contribution >= 4 is 12.0 Å². The molecule has 2 N–H and O–H groups in total. The van der Waals surface area contributed by atoms with Crippen LogP contribution in [0.15, 0.2) is 24.3 Å². The van der Waals surface area contributed by atoms with E-state index in [1.54, 1.807) is 6.92 Å². The molecule has 0 aliphatic heterocycles. The topological polar surface area (TPSA) is 76.7 Å². The van der Waals surface area contributed by atoms with Gasteiger partial charge >= 0.3 is 12.0 Å². The van der Waals surface area contributed by atoms with Gasteiger partial charge in [-0.05, 0) is 31.9 Å². The molecule has 21 heavy (non-hydrogen) atoms. The minimum absolute atomic E-state index is 0.130. The Morgan fingerprint density at radius 2 is 1.86 bits per heavy atom. The lowest BCUT2D eigenvalue weighted by Crippen LogP contribution is -2.39. The van der Waals surface area contributed by atoms with Gasteiger partial charge in [-0.3, -0.25) is 4.79 Å². The molecule has 1 aromatic rings. The number of hydrogen-bond donors (Lipinski definition) is 2. The summed E-state index contributed by atoms with van der Waals surface area (Å²) in [7, 11) is 0. The highest BCUT2D eigenvalue weighted by atomic mass is 16.5. The van der Waals surface area contributed by atoms with Crippen molar-refractivity contribution in [3.63, 3.8) is 0 Å². The van der Waals surface area contributed by atoms with E-state index in [-0.39, 0.29) is 6.54 Å². The second kappa shape index (κ2) is 9.63. The van der Waals surface area contributed by atoms with Crippen LogP contribution in [0.25, 0.3) is 0 Å². The van der Waals surface area contributed by atoms with Crippen LogP contribution in [0, 0.1) is 0 Å². The van der Waals surface area contributed by atoms with Crippen LogP contribution in [0.5, 0.6) is 5.75 Å². The van der Waals surface area contributed by atoms with E-state index in [1.165, 1.54) is 0 Å². The molecule has 0 spiro atoms. The summed E-state index contributed by atoms with van der Waals surface area (Å²) in [5.41, 5.74) is 1.03. The summed E-state index contributed by atoms with van der Waals surface area (Å²) in [5.74, 6) is 0.378. The Morgan fingerprint density at radius 3 is 2.57 bits per heavy atom. The van der Waals surface area contributed by atoms with Crippen LogP contribution >= 0.6 is 0 Å². The van der Waals surface area contributed by atoms with Crippen LogP contribution in [0.4, 0.5) is 4.79 Å². The molecule has 0 heterocycles. The van der Waals surface area contributed by atoms with Gasteiger partial charge in [-0.1, -0.05) is 18.2 Å². The van der Waals surface area contributed by atoms with Gasteiger partial charge in [-0.25, -0.2) is 4.79 Å². The van der Waals surface area contributed by atoms with Crippen molar-refractivity contribution in [3.8, 4) is 5.75 Å². The highest BCUT2D eigenvalue weighted by Gasteiger charge is 2.06. The molecule has 0 unspecified atom stereocenters. The van der Waals surface area contributed by atoms with Crippen LogP contribution in [0.1, 0.15) is 19.4 Å². The normalized spacial score (nSPS) is 9.81. The van der Waals surface area contributed by atoms with Crippen molar-refractivity contribution in [2.75, 3.05) is 26.3 Å². The van der Waals surface area contributed by atoms with Crippen molar-refractivity contribution in [3.05, 3.63) is 29.8 Å². The Morgan fingerprint density at radius 1 is 1.10 bits per heavy atom. The summed E-state index contributed by atoms with van der Waals surface area (Å²) in [6.07, 6.45) is 0.656. The summed E-state index contributed by atoms with van der Waals surface area (Å²) in [4.78, 5) is 22.6. The Kier molecular flexibility index (Phi) is 7.71. The number of carbonyl (C=O) groups excluding carboxylic acids is 2. The van der Waals surface area contributed by atoms with E-state index < -0.39 is 12.0 Å². The maximum absolute atomic E-state index is 11.5. The van der Waals surface area contributed by atoms with E-state index in [1.807, 2.05) is 31.2 Å². The molecular formula is C15H22N2O4. The third kappa shape index (κ3) is 6.65.